The van der Waals surface area contributed by atoms with Crippen molar-refractivity contribution >= 4 is 18.0 Å². The molecule has 0 aliphatic carbocycles. The molecular formula is C20H28N2O6. The van der Waals surface area contributed by atoms with Crippen LogP contribution in [0.1, 0.15) is 30.9 Å². The lowest BCUT2D eigenvalue weighted by Gasteiger charge is -2.31. The van der Waals surface area contributed by atoms with E-state index in [4.69, 9.17) is 14.2 Å². The quantitative estimate of drug-likeness (QED) is 0.713. The Kier molecular flexibility index (Phi) is 8.10. The van der Waals surface area contributed by atoms with Crippen molar-refractivity contribution in [2.45, 2.75) is 39.7 Å². The Morgan fingerprint density at radius 2 is 1.68 bits per heavy atom. The molecule has 0 radical (unpaired) electrons. The van der Waals surface area contributed by atoms with Crippen molar-refractivity contribution in [1.29, 1.82) is 0 Å². The molecule has 28 heavy (non-hydrogen) atoms. The van der Waals surface area contributed by atoms with Gasteiger partial charge in [0.1, 0.15) is 5.75 Å². The van der Waals surface area contributed by atoms with Gasteiger partial charge in [-0.05, 0) is 56.9 Å². The smallest absolute Gasteiger partial charge is 0.409 e. The van der Waals surface area contributed by atoms with Crippen molar-refractivity contribution < 1.29 is 28.6 Å². The van der Waals surface area contributed by atoms with E-state index in [9.17, 15) is 14.4 Å². The maximum atomic E-state index is 12.0. The maximum Gasteiger partial charge on any atom is 0.409 e. The van der Waals surface area contributed by atoms with E-state index in [1.165, 1.54) is 0 Å². The fourth-order valence-corrected chi connectivity index (χ4v) is 3.04. The second-order valence-corrected chi connectivity index (χ2v) is 6.80. The second kappa shape index (κ2) is 10.5. The third-order valence-electron chi connectivity index (χ3n) is 4.30. The fraction of sp³-hybridized carbons (Fsp3) is 0.550. The first-order chi connectivity index (χ1) is 13.4. The Labute approximate surface area is 165 Å². The maximum absolute atomic E-state index is 12.0. The summed E-state index contributed by atoms with van der Waals surface area (Å²) in [5, 5.41) is 2.82. The van der Waals surface area contributed by atoms with Crippen LogP contribution in [-0.2, 0) is 19.1 Å². The number of rotatable bonds is 7. The number of likely N-dealkylation sites (tertiary alicyclic amines) is 1. The van der Waals surface area contributed by atoms with Gasteiger partial charge in [-0.2, -0.15) is 0 Å². The predicted octanol–water partition coefficient (Wildman–Crippen LogP) is 1.96. The average molecular weight is 392 g/mol. The molecule has 154 valence electrons. The van der Waals surface area contributed by atoms with Crippen LogP contribution in [0, 0.1) is 13.8 Å². The molecule has 1 aromatic carbocycles. The topological polar surface area (TPSA) is 94.2 Å². The Bertz CT molecular complexity index is 678. The molecule has 0 bridgehead atoms. The first-order valence-electron chi connectivity index (χ1n) is 9.45. The van der Waals surface area contributed by atoms with Crippen LogP contribution in [0.3, 0.4) is 0 Å². The van der Waals surface area contributed by atoms with Gasteiger partial charge in [-0.1, -0.05) is 6.07 Å². The number of piperidine rings is 1. The summed E-state index contributed by atoms with van der Waals surface area (Å²) in [6.45, 7) is 6.43. The summed E-state index contributed by atoms with van der Waals surface area (Å²) in [5.41, 5.74) is 2.08. The highest BCUT2D eigenvalue weighted by Crippen LogP contribution is 2.16. The Hall–Kier alpha value is -2.77. The van der Waals surface area contributed by atoms with Gasteiger partial charge in [0.15, 0.2) is 13.2 Å². The Morgan fingerprint density at radius 3 is 2.29 bits per heavy atom. The van der Waals surface area contributed by atoms with Crippen molar-refractivity contribution in [2.24, 2.45) is 0 Å². The van der Waals surface area contributed by atoms with Crippen molar-refractivity contribution in [1.82, 2.24) is 10.2 Å². The summed E-state index contributed by atoms with van der Waals surface area (Å²) in [4.78, 5) is 37.0. The molecule has 1 saturated heterocycles. The molecule has 2 rings (SSSR count). The number of hydrogen-bond acceptors (Lipinski definition) is 6. The largest absolute Gasteiger partial charge is 0.482 e. The summed E-state index contributed by atoms with van der Waals surface area (Å²) in [7, 11) is 0. The van der Waals surface area contributed by atoms with Crippen LogP contribution >= 0.6 is 0 Å². The van der Waals surface area contributed by atoms with Crippen molar-refractivity contribution in [3.63, 3.8) is 0 Å². The van der Waals surface area contributed by atoms with Gasteiger partial charge in [0.05, 0.1) is 6.61 Å². The van der Waals surface area contributed by atoms with Gasteiger partial charge in [0, 0.05) is 19.1 Å². The van der Waals surface area contributed by atoms with E-state index in [-0.39, 0.29) is 31.3 Å². The van der Waals surface area contributed by atoms with Crippen LogP contribution in [0.25, 0.3) is 0 Å². The molecule has 1 aromatic rings. The number of hydrogen-bond donors (Lipinski definition) is 1. The van der Waals surface area contributed by atoms with E-state index in [0.717, 1.165) is 11.1 Å². The monoisotopic (exact) mass is 392 g/mol. The number of aryl methyl sites for hydroxylation is 2. The molecule has 8 nitrogen and oxygen atoms in total. The number of esters is 1. The van der Waals surface area contributed by atoms with Gasteiger partial charge < -0.3 is 24.4 Å². The Morgan fingerprint density at radius 1 is 1.04 bits per heavy atom. The fourth-order valence-electron chi connectivity index (χ4n) is 3.04. The van der Waals surface area contributed by atoms with Crippen LogP contribution in [0.2, 0.25) is 0 Å². The van der Waals surface area contributed by atoms with Crippen LogP contribution in [0.15, 0.2) is 18.2 Å². The van der Waals surface area contributed by atoms with E-state index < -0.39 is 5.97 Å². The van der Waals surface area contributed by atoms with E-state index in [1.54, 1.807) is 11.8 Å². The summed E-state index contributed by atoms with van der Waals surface area (Å²) in [6, 6.07) is 5.61. The zero-order valence-corrected chi connectivity index (χ0v) is 16.7. The predicted molar refractivity (Wildman–Crippen MR) is 102 cm³/mol. The first kappa shape index (κ1) is 21.5. The zero-order valence-electron chi connectivity index (χ0n) is 16.7. The van der Waals surface area contributed by atoms with Crippen molar-refractivity contribution in [3.05, 3.63) is 29.3 Å². The summed E-state index contributed by atoms with van der Waals surface area (Å²) in [5.74, 6) is -0.381. The van der Waals surface area contributed by atoms with Crippen LogP contribution in [-0.4, -0.2) is 61.8 Å². The van der Waals surface area contributed by atoms with E-state index in [1.807, 2.05) is 32.0 Å². The van der Waals surface area contributed by atoms with E-state index in [0.29, 0.717) is 38.3 Å². The molecule has 1 fully saturated rings. The van der Waals surface area contributed by atoms with Gasteiger partial charge in [0.25, 0.3) is 5.91 Å². The number of amides is 2. The first-order valence-corrected chi connectivity index (χ1v) is 9.45. The van der Waals surface area contributed by atoms with Gasteiger partial charge in [-0.15, -0.1) is 0 Å². The van der Waals surface area contributed by atoms with Crippen LogP contribution < -0.4 is 10.1 Å². The third kappa shape index (κ3) is 7.09. The highest BCUT2D eigenvalue weighted by atomic mass is 16.6. The number of carbonyl (C=O) groups excluding carboxylic acids is 3. The Balaban J connectivity index is 1.64. The number of nitrogens with zero attached hydrogens (tertiary/aromatic N) is 1. The highest BCUT2D eigenvalue weighted by molar-refractivity contribution is 5.81. The zero-order chi connectivity index (χ0) is 20.5. The minimum Gasteiger partial charge on any atom is -0.482 e. The lowest BCUT2D eigenvalue weighted by atomic mass is 10.1. The molecule has 0 spiro atoms. The lowest BCUT2D eigenvalue weighted by molar-refractivity contribution is -0.150. The minimum atomic E-state index is -0.605. The number of benzene rings is 1. The third-order valence-corrected chi connectivity index (χ3v) is 4.30. The van der Waals surface area contributed by atoms with Crippen LogP contribution in [0.5, 0.6) is 5.75 Å². The molecule has 0 unspecified atom stereocenters. The SMILES string of the molecule is CCOC(=O)N1CCC(NC(=O)COC(=O)COc2cc(C)cc(C)c2)CC1. The molecule has 1 N–H and O–H groups in total. The van der Waals surface area contributed by atoms with Crippen molar-refractivity contribution in [2.75, 3.05) is 32.9 Å². The van der Waals surface area contributed by atoms with E-state index >= 15 is 0 Å². The van der Waals surface area contributed by atoms with Gasteiger partial charge in [-0.3, -0.25) is 4.79 Å². The molecule has 1 aliphatic rings. The summed E-state index contributed by atoms with van der Waals surface area (Å²) >= 11 is 0. The standard InChI is InChI=1S/C20H28N2O6/c1-4-26-20(25)22-7-5-16(6-8-22)21-18(23)12-28-19(24)13-27-17-10-14(2)9-15(3)11-17/h9-11,16H,4-8,12-13H2,1-3H3,(H,21,23). The van der Waals surface area contributed by atoms with Gasteiger partial charge in [0.2, 0.25) is 0 Å². The van der Waals surface area contributed by atoms with E-state index in [2.05, 4.69) is 5.32 Å². The molecule has 1 heterocycles. The molecule has 0 saturated carbocycles. The molecule has 0 aromatic heterocycles. The van der Waals surface area contributed by atoms with Gasteiger partial charge >= 0.3 is 12.1 Å². The summed E-state index contributed by atoms with van der Waals surface area (Å²) < 4.78 is 15.3. The number of ether oxygens (including phenoxy) is 3. The number of carbonyl (C=O) groups is 3. The van der Waals surface area contributed by atoms with Gasteiger partial charge in [-0.25, -0.2) is 9.59 Å². The molecule has 1 aliphatic heterocycles. The normalized spacial score (nSPS) is 14.3. The molecule has 0 atom stereocenters. The molecular weight excluding hydrogens is 364 g/mol. The summed E-state index contributed by atoms with van der Waals surface area (Å²) in [6.07, 6.45) is 0.938. The molecule has 8 heteroatoms. The average Bonchev–Trinajstić information content (AvgIpc) is 2.65. The van der Waals surface area contributed by atoms with Crippen molar-refractivity contribution in [3.8, 4) is 5.75 Å². The minimum absolute atomic E-state index is 0.0524. The lowest BCUT2D eigenvalue weighted by Crippen LogP contribution is -2.47. The van der Waals surface area contributed by atoms with Crippen LogP contribution in [0.4, 0.5) is 4.79 Å². The highest BCUT2D eigenvalue weighted by Gasteiger charge is 2.24. The molecule has 2 amide bonds. The number of nitrogens with one attached hydrogen (secondary N) is 1. The second-order valence-electron chi connectivity index (χ2n) is 6.80.